The van der Waals surface area contributed by atoms with Crippen molar-refractivity contribution in [3.05, 3.63) is 48.2 Å². The van der Waals surface area contributed by atoms with Crippen molar-refractivity contribution in [2.24, 2.45) is 0 Å². The molecule has 0 N–H and O–H groups in total. The van der Waals surface area contributed by atoms with Crippen LogP contribution in [0.2, 0.25) is 19.6 Å². The number of nitrogens with zero attached hydrogens (tertiary/aromatic N) is 1. The highest BCUT2D eigenvalue weighted by Crippen LogP contribution is 2.35. The van der Waals surface area contributed by atoms with Crippen molar-refractivity contribution in [1.82, 2.24) is 5.23 Å². The van der Waals surface area contributed by atoms with Crippen LogP contribution in [0.3, 0.4) is 0 Å². The van der Waals surface area contributed by atoms with Crippen LogP contribution in [0.5, 0.6) is 0 Å². The van der Waals surface area contributed by atoms with Crippen molar-refractivity contribution in [3.63, 3.8) is 0 Å². The minimum absolute atomic E-state index is 0.0278. The molecule has 0 saturated carbocycles. The fraction of sp³-hybridized carbons (Fsp3) is 0.385. The quantitative estimate of drug-likeness (QED) is 0.763. The summed E-state index contributed by atoms with van der Waals surface area (Å²) in [4.78, 5) is 5.78. The van der Waals surface area contributed by atoms with Crippen LogP contribution in [0.4, 0.5) is 0 Å². The summed E-state index contributed by atoms with van der Waals surface area (Å²) in [6.07, 6.45) is 0.814. The van der Waals surface area contributed by atoms with E-state index >= 15 is 0 Å². The van der Waals surface area contributed by atoms with Gasteiger partial charge in [0.1, 0.15) is 6.10 Å². The van der Waals surface area contributed by atoms with Gasteiger partial charge in [-0.15, -0.1) is 5.23 Å². The van der Waals surface area contributed by atoms with E-state index in [1.54, 1.807) is 0 Å². The van der Waals surface area contributed by atoms with Gasteiger partial charge in [0.15, 0.2) is 0 Å². The van der Waals surface area contributed by atoms with E-state index in [9.17, 15) is 0 Å². The van der Waals surface area contributed by atoms with Crippen LogP contribution in [0.25, 0.3) is 0 Å². The first-order chi connectivity index (χ1) is 7.96. The molecule has 2 rings (SSSR count). The first kappa shape index (κ1) is 12.4. The van der Waals surface area contributed by atoms with Crippen molar-refractivity contribution in [2.45, 2.75) is 32.2 Å². The number of benzene rings is 1. The van der Waals surface area contributed by atoms with Crippen LogP contribution in [-0.4, -0.2) is 13.5 Å². The third-order valence-electron chi connectivity index (χ3n) is 2.43. The van der Waals surface area contributed by atoms with E-state index in [4.69, 9.17) is 9.36 Å². The summed E-state index contributed by atoms with van der Waals surface area (Å²) in [5.41, 5.74) is 2.05. The summed E-state index contributed by atoms with van der Waals surface area (Å²) in [5, 5.41) is 1.52. The lowest BCUT2D eigenvalue weighted by atomic mass is 10.1. The molecule has 1 saturated heterocycles. The summed E-state index contributed by atoms with van der Waals surface area (Å²) in [5.74, 6) is 0. The molecule has 17 heavy (non-hydrogen) atoms. The molecule has 0 unspecified atom stereocenters. The smallest absolute Gasteiger partial charge is 0.223 e. The maximum atomic E-state index is 5.81. The van der Waals surface area contributed by atoms with Crippen molar-refractivity contribution in [2.75, 3.05) is 0 Å². The Labute approximate surface area is 104 Å². The van der Waals surface area contributed by atoms with Crippen molar-refractivity contribution >= 4 is 8.32 Å². The average molecular weight is 249 g/mol. The molecule has 1 aromatic rings. The number of hydrogen-bond acceptors (Lipinski definition) is 3. The Morgan fingerprint density at radius 1 is 1.29 bits per heavy atom. The molecule has 4 heteroatoms. The zero-order valence-corrected chi connectivity index (χ0v) is 11.6. The van der Waals surface area contributed by atoms with Gasteiger partial charge in [-0.2, -0.15) is 0 Å². The van der Waals surface area contributed by atoms with Gasteiger partial charge in [-0.3, -0.25) is 4.53 Å². The number of rotatable bonds is 3. The Hall–Kier alpha value is -1.10. The highest BCUT2D eigenvalue weighted by atomic mass is 28.4. The van der Waals surface area contributed by atoms with E-state index in [0.29, 0.717) is 0 Å². The third-order valence-corrected chi connectivity index (χ3v) is 3.14. The van der Waals surface area contributed by atoms with Crippen LogP contribution in [0, 0.1) is 0 Å². The molecular formula is C13H19NO2Si. The van der Waals surface area contributed by atoms with E-state index in [1.165, 1.54) is 5.23 Å². The van der Waals surface area contributed by atoms with Crippen LogP contribution in [-0.2, 0) is 9.36 Å². The van der Waals surface area contributed by atoms with E-state index in [0.717, 1.165) is 17.7 Å². The Morgan fingerprint density at radius 3 is 2.53 bits per heavy atom. The maximum Gasteiger partial charge on any atom is 0.223 e. The number of hydrogen-bond donors (Lipinski definition) is 0. The van der Waals surface area contributed by atoms with E-state index in [-0.39, 0.29) is 6.10 Å². The molecule has 1 aliphatic heterocycles. The highest BCUT2D eigenvalue weighted by Gasteiger charge is 2.32. The van der Waals surface area contributed by atoms with Gasteiger partial charge in [-0.25, -0.2) is 4.84 Å². The number of hydroxylamine groups is 2. The predicted octanol–water partition coefficient (Wildman–Crippen LogP) is 3.65. The summed E-state index contributed by atoms with van der Waals surface area (Å²) >= 11 is 0. The van der Waals surface area contributed by atoms with E-state index < -0.39 is 8.32 Å². The first-order valence-electron chi connectivity index (χ1n) is 5.84. The lowest BCUT2D eigenvalue weighted by molar-refractivity contribution is -0.293. The first-order valence-corrected chi connectivity index (χ1v) is 9.25. The predicted molar refractivity (Wildman–Crippen MR) is 70.3 cm³/mol. The second-order valence-corrected chi connectivity index (χ2v) is 9.64. The molecule has 1 aromatic carbocycles. The Kier molecular flexibility index (Phi) is 3.37. The monoisotopic (exact) mass is 249 g/mol. The Bertz CT molecular complexity index is 400. The average Bonchev–Trinajstić information content (AvgIpc) is 2.59. The van der Waals surface area contributed by atoms with Gasteiger partial charge >= 0.3 is 0 Å². The van der Waals surface area contributed by atoms with Gasteiger partial charge in [0.2, 0.25) is 8.32 Å². The van der Waals surface area contributed by atoms with Gasteiger partial charge in [0, 0.05) is 6.42 Å². The fourth-order valence-corrected chi connectivity index (χ4v) is 2.37. The molecule has 0 radical (unpaired) electrons. The van der Waals surface area contributed by atoms with E-state index in [1.807, 2.05) is 18.2 Å². The van der Waals surface area contributed by atoms with Crippen LogP contribution in [0.1, 0.15) is 18.1 Å². The van der Waals surface area contributed by atoms with Crippen LogP contribution in [0.15, 0.2) is 42.6 Å². The van der Waals surface area contributed by atoms with Gasteiger partial charge in [-0.1, -0.05) is 36.9 Å². The topological polar surface area (TPSA) is 21.7 Å². The zero-order valence-electron chi connectivity index (χ0n) is 10.6. The minimum Gasteiger partial charge on any atom is -0.298 e. The van der Waals surface area contributed by atoms with Crippen molar-refractivity contribution in [1.29, 1.82) is 0 Å². The molecule has 1 fully saturated rings. The molecule has 1 heterocycles. The molecular weight excluding hydrogens is 230 g/mol. The largest absolute Gasteiger partial charge is 0.298 e. The van der Waals surface area contributed by atoms with Crippen molar-refractivity contribution in [3.8, 4) is 0 Å². The van der Waals surface area contributed by atoms with Crippen LogP contribution >= 0.6 is 0 Å². The summed E-state index contributed by atoms with van der Waals surface area (Å²) in [6, 6.07) is 10.2. The summed E-state index contributed by atoms with van der Waals surface area (Å²) < 4.78 is 5.81. The van der Waals surface area contributed by atoms with Gasteiger partial charge in [0.05, 0.1) is 5.70 Å². The molecule has 0 bridgehead atoms. The molecule has 0 amide bonds. The normalized spacial score (nSPS) is 21.0. The minimum atomic E-state index is -1.65. The van der Waals surface area contributed by atoms with Gasteiger partial charge < -0.3 is 0 Å². The molecule has 3 nitrogen and oxygen atoms in total. The standard InChI is InChI=1S/C13H19NO2Si/c1-11-10-13(12-8-6-5-7-9-12)15-14(11)16-17(2,3)4/h5-9,13H,1,10H2,2-4H3/t13-/m0/s1. The Balaban J connectivity index is 2.05. The summed E-state index contributed by atoms with van der Waals surface area (Å²) in [7, 11) is -1.65. The maximum absolute atomic E-state index is 5.81. The molecule has 92 valence electrons. The van der Waals surface area contributed by atoms with Crippen molar-refractivity contribution < 1.29 is 9.36 Å². The zero-order chi connectivity index (χ0) is 12.5. The molecule has 0 spiro atoms. The second kappa shape index (κ2) is 4.64. The van der Waals surface area contributed by atoms with Gasteiger partial charge in [-0.05, 0) is 25.2 Å². The lowest BCUT2D eigenvalue weighted by Crippen LogP contribution is -2.34. The lowest BCUT2D eigenvalue weighted by Gasteiger charge is -2.26. The fourth-order valence-electron chi connectivity index (χ4n) is 1.70. The summed E-state index contributed by atoms with van der Waals surface area (Å²) in [6.45, 7) is 10.4. The molecule has 0 aliphatic carbocycles. The van der Waals surface area contributed by atoms with E-state index in [2.05, 4.69) is 38.4 Å². The molecule has 0 aromatic heterocycles. The highest BCUT2D eigenvalue weighted by molar-refractivity contribution is 6.69. The Morgan fingerprint density at radius 2 is 1.94 bits per heavy atom. The molecule has 1 atom stereocenters. The molecule has 1 aliphatic rings. The second-order valence-electron chi connectivity index (χ2n) is 5.24. The van der Waals surface area contributed by atoms with Crippen LogP contribution < -0.4 is 0 Å². The SMILES string of the molecule is C=C1C[C@@H](c2ccccc2)ON1O[Si](C)(C)C. The third kappa shape index (κ3) is 3.18. The van der Waals surface area contributed by atoms with Gasteiger partial charge in [0.25, 0.3) is 0 Å².